The van der Waals surface area contributed by atoms with E-state index in [2.05, 4.69) is 0 Å². The Balaban J connectivity index is 2.31. The Morgan fingerprint density at radius 2 is 2.11 bits per heavy atom. The molecule has 1 amide bonds. The molecule has 0 saturated heterocycles. The molecule has 0 fully saturated rings. The van der Waals surface area contributed by atoms with Crippen molar-refractivity contribution >= 4 is 11.6 Å². The SMILES string of the molecule is Cc1ccccc1N(CCCN)C(=O)c1ccoc1. The molecule has 0 unspecified atom stereocenters. The number of aryl methyl sites for hydroxylation is 1. The highest BCUT2D eigenvalue weighted by Gasteiger charge is 2.19. The van der Waals surface area contributed by atoms with Crippen molar-refractivity contribution in [2.45, 2.75) is 13.3 Å². The van der Waals surface area contributed by atoms with Crippen LogP contribution in [0, 0.1) is 6.92 Å². The van der Waals surface area contributed by atoms with Crippen LogP contribution in [0.2, 0.25) is 0 Å². The van der Waals surface area contributed by atoms with Crippen LogP contribution in [0.5, 0.6) is 0 Å². The molecule has 19 heavy (non-hydrogen) atoms. The van der Waals surface area contributed by atoms with Crippen LogP contribution in [0.25, 0.3) is 0 Å². The van der Waals surface area contributed by atoms with Crippen LogP contribution in [0.15, 0.2) is 47.3 Å². The summed E-state index contributed by atoms with van der Waals surface area (Å²) >= 11 is 0. The third-order valence-electron chi connectivity index (χ3n) is 3.01. The second kappa shape index (κ2) is 6.20. The van der Waals surface area contributed by atoms with Crippen molar-refractivity contribution in [1.82, 2.24) is 0 Å². The molecule has 0 saturated carbocycles. The molecule has 0 radical (unpaired) electrons. The van der Waals surface area contributed by atoms with Crippen LogP contribution in [-0.2, 0) is 0 Å². The Hall–Kier alpha value is -2.07. The topological polar surface area (TPSA) is 59.5 Å². The number of rotatable bonds is 5. The first-order valence-corrected chi connectivity index (χ1v) is 6.34. The van der Waals surface area contributed by atoms with E-state index < -0.39 is 0 Å². The van der Waals surface area contributed by atoms with Crippen molar-refractivity contribution in [2.24, 2.45) is 5.73 Å². The molecule has 1 aromatic heterocycles. The first-order valence-electron chi connectivity index (χ1n) is 6.34. The minimum absolute atomic E-state index is 0.0588. The van der Waals surface area contributed by atoms with E-state index >= 15 is 0 Å². The lowest BCUT2D eigenvalue weighted by atomic mass is 10.1. The number of furan rings is 1. The zero-order chi connectivity index (χ0) is 13.7. The number of benzene rings is 1. The van der Waals surface area contributed by atoms with Crippen molar-refractivity contribution < 1.29 is 9.21 Å². The maximum atomic E-state index is 12.5. The van der Waals surface area contributed by atoms with Crippen molar-refractivity contribution in [3.05, 3.63) is 54.0 Å². The molecular weight excluding hydrogens is 240 g/mol. The molecule has 0 spiro atoms. The normalized spacial score (nSPS) is 10.4. The number of nitrogens with zero attached hydrogens (tertiary/aromatic N) is 1. The van der Waals surface area contributed by atoms with Gasteiger partial charge >= 0.3 is 0 Å². The molecule has 0 aliphatic carbocycles. The van der Waals surface area contributed by atoms with E-state index in [0.717, 1.165) is 17.7 Å². The summed E-state index contributed by atoms with van der Waals surface area (Å²) in [5.41, 5.74) is 8.10. The number of carbonyl (C=O) groups excluding carboxylic acids is 1. The number of para-hydroxylation sites is 1. The summed E-state index contributed by atoms with van der Waals surface area (Å²) < 4.78 is 4.98. The molecule has 4 heteroatoms. The molecule has 0 atom stereocenters. The lowest BCUT2D eigenvalue weighted by molar-refractivity contribution is 0.0986. The Bertz CT molecular complexity index is 535. The minimum atomic E-state index is -0.0588. The summed E-state index contributed by atoms with van der Waals surface area (Å²) in [5.74, 6) is -0.0588. The monoisotopic (exact) mass is 258 g/mol. The van der Waals surface area contributed by atoms with E-state index in [-0.39, 0.29) is 5.91 Å². The summed E-state index contributed by atoms with van der Waals surface area (Å²) in [6.07, 6.45) is 3.74. The number of hydrogen-bond donors (Lipinski definition) is 1. The third-order valence-corrected chi connectivity index (χ3v) is 3.01. The summed E-state index contributed by atoms with van der Waals surface area (Å²) in [5, 5.41) is 0. The van der Waals surface area contributed by atoms with Crippen molar-refractivity contribution in [2.75, 3.05) is 18.0 Å². The molecule has 0 bridgehead atoms. The fourth-order valence-corrected chi connectivity index (χ4v) is 1.99. The zero-order valence-corrected chi connectivity index (χ0v) is 11.0. The summed E-state index contributed by atoms with van der Waals surface area (Å²) in [6, 6.07) is 9.51. The van der Waals surface area contributed by atoms with Crippen LogP contribution < -0.4 is 10.6 Å². The van der Waals surface area contributed by atoms with E-state index in [1.165, 1.54) is 12.5 Å². The van der Waals surface area contributed by atoms with Crippen LogP contribution in [0.4, 0.5) is 5.69 Å². The molecule has 2 rings (SSSR count). The van der Waals surface area contributed by atoms with Crippen LogP contribution in [0.3, 0.4) is 0 Å². The number of nitrogens with two attached hydrogens (primary N) is 1. The minimum Gasteiger partial charge on any atom is -0.472 e. The average Bonchev–Trinajstić information content (AvgIpc) is 2.94. The number of amides is 1. The molecule has 1 heterocycles. The quantitative estimate of drug-likeness (QED) is 0.896. The van der Waals surface area contributed by atoms with Gasteiger partial charge in [-0.3, -0.25) is 4.79 Å². The Morgan fingerprint density at radius 1 is 1.32 bits per heavy atom. The predicted octanol–water partition coefficient (Wildman–Crippen LogP) is 2.58. The molecule has 2 aromatic rings. The van der Waals surface area contributed by atoms with Gasteiger partial charge in [-0.2, -0.15) is 0 Å². The molecule has 4 nitrogen and oxygen atoms in total. The fraction of sp³-hybridized carbons (Fsp3) is 0.267. The van der Waals surface area contributed by atoms with E-state index in [1.54, 1.807) is 11.0 Å². The van der Waals surface area contributed by atoms with Gasteiger partial charge in [0.2, 0.25) is 0 Å². The van der Waals surface area contributed by atoms with Crippen molar-refractivity contribution in [3.63, 3.8) is 0 Å². The third kappa shape index (κ3) is 3.03. The highest BCUT2D eigenvalue weighted by molar-refractivity contribution is 6.06. The van der Waals surface area contributed by atoms with Gasteiger partial charge in [-0.1, -0.05) is 18.2 Å². The van der Waals surface area contributed by atoms with Gasteiger partial charge in [0.15, 0.2) is 0 Å². The molecular formula is C15H18N2O2. The largest absolute Gasteiger partial charge is 0.472 e. The van der Waals surface area contributed by atoms with Crippen LogP contribution in [-0.4, -0.2) is 19.0 Å². The van der Waals surface area contributed by atoms with E-state index in [1.807, 2.05) is 31.2 Å². The van der Waals surface area contributed by atoms with Gasteiger partial charge in [-0.15, -0.1) is 0 Å². The summed E-state index contributed by atoms with van der Waals surface area (Å²) in [7, 11) is 0. The van der Waals surface area contributed by atoms with Crippen LogP contribution in [0.1, 0.15) is 22.3 Å². The van der Waals surface area contributed by atoms with Gasteiger partial charge in [0, 0.05) is 12.2 Å². The van der Waals surface area contributed by atoms with Gasteiger partial charge in [-0.05, 0) is 37.6 Å². The first-order chi connectivity index (χ1) is 9.24. The van der Waals surface area contributed by atoms with Gasteiger partial charge < -0.3 is 15.1 Å². The average molecular weight is 258 g/mol. The van der Waals surface area contributed by atoms with Crippen molar-refractivity contribution in [3.8, 4) is 0 Å². The highest BCUT2D eigenvalue weighted by Crippen LogP contribution is 2.22. The second-order valence-electron chi connectivity index (χ2n) is 4.40. The number of carbonyl (C=O) groups is 1. The standard InChI is InChI=1S/C15H18N2O2/c1-12-5-2-3-6-14(12)17(9-4-8-16)15(18)13-7-10-19-11-13/h2-3,5-7,10-11H,4,8-9,16H2,1H3. The maximum absolute atomic E-state index is 12.5. The second-order valence-corrected chi connectivity index (χ2v) is 4.40. The summed E-state index contributed by atoms with van der Waals surface area (Å²) in [4.78, 5) is 14.2. The fourth-order valence-electron chi connectivity index (χ4n) is 1.99. The molecule has 1 aromatic carbocycles. The van der Waals surface area contributed by atoms with Gasteiger partial charge in [0.05, 0.1) is 11.8 Å². The first kappa shape index (κ1) is 13.4. The van der Waals surface area contributed by atoms with Gasteiger partial charge in [0.1, 0.15) is 6.26 Å². The lowest BCUT2D eigenvalue weighted by Crippen LogP contribution is -2.33. The molecule has 2 N–H and O–H groups in total. The van der Waals surface area contributed by atoms with E-state index in [4.69, 9.17) is 10.2 Å². The van der Waals surface area contributed by atoms with Crippen molar-refractivity contribution in [1.29, 1.82) is 0 Å². The maximum Gasteiger partial charge on any atom is 0.261 e. The van der Waals surface area contributed by atoms with E-state index in [9.17, 15) is 4.79 Å². The van der Waals surface area contributed by atoms with Crippen LogP contribution >= 0.6 is 0 Å². The van der Waals surface area contributed by atoms with Gasteiger partial charge in [0.25, 0.3) is 5.91 Å². The lowest BCUT2D eigenvalue weighted by Gasteiger charge is -2.23. The Labute approximate surface area is 112 Å². The highest BCUT2D eigenvalue weighted by atomic mass is 16.3. The molecule has 0 aliphatic rings. The molecule has 100 valence electrons. The Morgan fingerprint density at radius 3 is 2.74 bits per heavy atom. The summed E-state index contributed by atoms with van der Waals surface area (Å²) in [6.45, 7) is 3.15. The Kier molecular flexibility index (Phi) is 4.36. The van der Waals surface area contributed by atoms with E-state index in [0.29, 0.717) is 18.7 Å². The smallest absolute Gasteiger partial charge is 0.261 e. The zero-order valence-electron chi connectivity index (χ0n) is 11.0. The van der Waals surface area contributed by atoms with Gasteiger partial charge in [-0.25, -0.2) is 0 Å². The predicted molar refractivity (Wildman–Crippen MR) is 75.2 cm³/mol. The number of hydrogen-bond acceptors (Lipinski definition) is 3. The molecule has 0 aliphatic heterocycles. The number of anilines is 1.